The fourth-order valence-electron chi connectivity index (χ4n) is 1.03. The summed E-state index contributed by atoms with van der Waals surface area (Å²) in [6.45, 7) is 0. The average molecular weight is 156 g/mol. The van der Waals surface area contributed by atoms with Crippen LogP contribution in [0, 0.1) is 5.92 Å². The lowest BCUT2D eigenvalue weighted by Gasteiger charge is -1.96. The zero-order valence-corrected chi connectivity index (χ0v) is 6.77. The molecular formula is C8H12OS. The molecule has 0 radical (unpaired) electrons. The summed E-state index contributed by atoms with van der Waals surface area (Å²) in [6, 6.07) is 0. The van der Waals surface area contributed by atoms with Gasteiger partial charge in [0, 0.05) is 6.42 Å². The number of carbonyl (C=O) groups excluding carboxylic acids is 1. The molecular weight excluding hydrogens is 144 g/mol. The quantitative estimate of drug-likeness (QED) is 0.458. The Labute approximate surface area is 65.9 Å². The molecule has 2 heteroatoms. The van der Waals surface area contributed by atoms with E-state index in [1.807, 2.05) is 17.8 Å². The molecule has 1 saturated heterocycles. The molecule has 0 aliphatic carbocycles. The van der Waals surface area contributed by atoms with Gasteiger partial charge < -0.3 is 4.79 Å². The van der Waals surface area contributed by atoms with Crippen LogP contribution in [0.15, 0.2) is 12.2 Å². The highest BCUT2D eigenvalue weighted by Crippen LogP contribution is 2.24. The Balaban J connectivity index is 2.16. The van der Waals surface area contributed by atoms with Gasteiger partial charge in [-0.1, -0.05) is 12.2 Å². The molecule has 1 rings (SSSR count). The molecule has 10 heavy (non-hydrogen) atoms. The van der Waals surface area contributed by atoms with E-state index in [1.54, 1.807) is 0 Å². The smallest absolute Gasteiger partial charge is 0.123 e. The van der Waals surface area contributed by atoms with E-state index in [0.29, 0.717) is 6.42 Å². The number of allylic oxidation sites excluding steroid dienone is 2. The number of hydrogen-bond donors (Lipinski definition) is 0. The van der Waals surface area contributed by atoms with Gasteiger partial charge in [-0.05, 0) is 23.8 Å². The Hall–Kier alpha value is -0.240. The monoisotopic (exact) mass is 156 g/mol. The minimum Gasteiger partial charge on any atom is -0.303 e. The fraction of sp³-hybridized carbons (Fsp3) is 0.625. The summed E-state index contributed by atoms with van der Waals surface area (Å²) in [4.78, 5) is 9.92. The van der Waals surface area contributed by atoms with E-state index in [-0.39, 0.29) is 0 Å². The summed E-state index contributed by atoms with van der Waals surface area (Å²) in [5, 5.41) is 0. The van der Waals surface area contributed by atoms with Gasteiger partial charge in [0.1, 0.15) is 6.29 Å². The Morgan fingerprint density at radius 1 is 1.60 bits per heavy atom. The minimum absolute atomic E-state index is 0.584. The van der Waals surface area contributed by atoms with Gasteiger partial charge in [0.2, 0.25) is 0 Å². The van der Waals surface area contributed by atoms with Crippen LogP contribution in [0.1, 0.15) is 12.8 Å². The molecule has 1 nitrogen and oxygen atoms in total. The van der Waals surface area contributed by atoms with Gasteiger partial charge in [0.05, 0.1) is 0 Å². The minimum atomic E-state index is 0.584. The zero-order valence-electron chi connectivity index (χ0n) is 5.95. The molecule has 1 fully saturated rings. The van der Waals surface area contributed by atoms with Crippen molar-refractivity contribution in [3.8, 4) is 0 Å². The first kappa shape index (κ1) is 7.86. The first-order valence-corrected chi connectivity index (χ1v) is 4.77. The maximum atomic E-state index is 9.92. The van der Waals surface area contributed by atoms with Crippen LogP contribution in [0.4, 0.5) is 0 Å². The van der Waals surface area contributed by atoms with Gasteiger partial charge in [-0.2, -0.15) is 11.8 Å². The van der Waals surface area contributed by atoms with E-state index >= 15 is 0 Å². The second-order valence-electron chi connectivity index (χ2n) is 2.45. The molecule has 0 spiro atoms. The van der Waals surface area contributed by atoms with E-state index < -0.39 is 0 Å². The van der Waals surface area contributed by atoms with Gasteiger partial charge in [-0.3, -0.25) is 0 Å². The first-order chi connectivity index (χ1) is 4.93. The maximum absolute atomic E-state index is 9.92. The summed E-state index contributed by atoms with van der Waals surface area (Å²) >= 11 is 2.00. The highest BCUT2D eigenvalue weighted by molar-refractivity contribution is 7.99. The topological polar surface area (TPSA) is 17.1 Å². The maximum Gasteiger partial charge on any atom is 0.123 e. The van der Waals surface area contributed by atoms with E-state index in [4.69, 9.17) is 0 Å². The molecule has 1 aliphatic heterocycles. The van der Waals surface area contributed by atoms with Gasteiger partial charge >= 0.3 is 0 Å². The molecule has 56 valence electrons. The van der Waals surface area contributed by atoms with Crippen LogP contribution in [0.5, 0.6) is 0 Å². The van der Waals surface area contributed by atoms with Crippen molar-refractivity contribution in [3.63, 3.8) is 0 Å². The normalized spacial score (nSPS) is 25.8. The van der Waals surface area contributed by atoms with E-state index in [0.717, 1.165) is 12.2 Å². The number of aldehydes is 1. The molecule has 0 N–H and O–H groups in total. The summed E-state index contributed by atoms with van der Waals surface area (Å²) < 4.78 is 0. The van der Waals surface area contributed by atoms with Gasteiger partial charge in [-0.15, -0.1) is 0 Å². The fourth-order valence-corrected chi connectivity index (χ4v) is 2.25. The van der Waals surface area contributed by atoms with Crippen molar-refractivity contribution in [2.75, 3.05) is 11.5 Å². The molecule has 1 unspecified atom stereocenters. The van der Waals surface area contributed by atoms with Crippen LogP contribution in [0.2, 0.25) is 0 Å². The van der Waals surface area contributed by atoms with Crippen LogP contribution in [0.25, 0.3) is 0 Å². The standard InChI is InChI=1S/C8H12OS/c9-5-2-1-3-8-4-6-10-7-8/h1,3,5,8H,2,4,6-7H2/b3-1-. The van der Waals surface area contributed by atoms with Crippen molar-refractivity contribution in [1.82, 2.24) is 0 Å². The lowest BCUT2D eigenvalue weighted by atomic mass is 10.1. The third-order valence-electron chi connectivity index (χ3n) is 1.61. The molecule has 0 aromatic heterocycles. The second kappa shape index (κ2) is 4.56. The SMILES string of the molecule is O=CC/C=C\C1CCSC1. The first-order valence-electron chi connectivity index (χ1n) is 3.61. The number of thioether (sulfide) groups is 1. The highest BCUT2D eigenvalue weighted by Gasteiger charge is 2.10. The predicted molar refractivity (Wildman–Crippen MR) is 45.3 cm³/mol. The average Bonchev–Trinajstić information content (AvgIpc) is 2.41. The van der Waals surface area contributed by atoms with Crippen LogP contribution >= 0.6 is 11.8 Å². The van der Waals surface area contributed by atoms with Crippen LogP contribution < -0.4 is 0 Å². The second-order valence-corrected chi connectivity index (χ2v) is 3.60. The largest absolute Gasteiger partial charge is 0.303 e. The van der Waals surface area contributed by atoms with Crippen molar-refractivity contribution < 1.29 is 4.79 Å². The van der Waals surface area contributed by atoms with E-state index in [2.05, 4.69) is 6.08 Å². The molecule has 1 atom stereocenters. The summed E-state index contributed by atoms with van der Waals surface area (Å²) in [5.74, 6) is 3.27. The third-order valence-corrected chi connectivity index (χ3v) is 2.79. The van der Waals surface area contributed by atoms with Crippen molar-refractivity contribution >= 4 is 18.0 Å². The molecule has 1 heterocycles. The van der Waals surface area contributed by atoms with Gasteiger partial charge in [-0.25, -0.2) is 0 Å². The van der Waals surface area contributed by atoms with Gasteiger partial charge in [0.25, 0.3) is 0 Å². The zero-order chi connectivity index (χ0) is 7.23. The lowest BCUT2D eigenvalue weighted by molar-refractivity contribution is -0.107. The Bertz CT molecular complexity index is 125. The summed E-state index contributed by atoms with van der Waals surface area (Å²) in [6.07, 6.45) is 6.97. The third kappa shape index (κ3) is 2.56. The number of hydrogen-bond acceptors (Lipinski definition) is 2. The molecule has 1 aliphatic rings. The van der Waals surface area contributed by atoms with Crippen LogP contribution in [-0.4, -0.2) is 17.8 Å². The molecule has 0 aromatic carbocycles. The molecule has 0 saturated carbocycles. The van der Waals surface area contributed by atoms with Crippen LogP contribution in [0.3, 0.4) is 0 Å². The molecule has 0 bridgehead atoms. The summed E-state index contributed by atoms with van der Waals surface area (Å²) in [7, 11) is 0. The van der Waals surface area contributed by atoms with Gasteiger partial charge in [0.15, 0.2) is 0 Å². The number of carbonyl (C=O) groups is 1. The van der Waals surface area contributed by atoms with Crippen LogP contribution in [-0.2, 0) is 4.79 Å². The highest BCUT2D eigenvalue weighted by atomic mass is 32.2. The lowest BCUT2D eigenvalue weighted by Crippen LogP contribution is -1.90. The summed E-state index contributed by atoms with van der Waals surface area (Å²) in [5.41, 5.74) is 0. The number of rotatable bonds is 3. The van der Waals surface area contributed by atoms with Crippen molar-refractivity contribution in [2.24, 2.45) is 5.92 Å². The van der Waals surface area contributed by atoms with E-state index in [1.165, 1.54) is 17.9 Å². The molecule has 0 amide bonds. The Morgan fingerprint density at radius 3 is 3.10 bits per heavy atom. The predicted octanol–water partition coefficient (Wildman–Crippen LogP) is 1.88. The Kier molecular flexibility index (Phi) is 3.58. The van der Waals surface area contributed by atoms with Crippen molar-refractivity contribution in [1.29, 1.82) is 0 Å². The molecule has 0 aromatic rings. The Morgan fingerprint density at radius 2 is 2.50 bits per heavy atom. The van der Waals surface area contributed by atoms with Crippen molar-refractivity contribution in [2.45, 2.75) is 12.8 Å². The van der Waals surface area contributed by atoms with Crippen molar-refractivity contribution in [3.05, 3.63) is 12.2 Å². The van der Waals surface area contributed by atoms with E-state index in [9.17, 15) is 4.79 Å².